The van der Waals surface area contributed by atoms with E-state index >= 15 is 0 Å². The summed E-state index contributed by atoms with van der Waals surface area (Å²) in [5, 5.41) is 0. The molecule has 0 atom stereocenters. The highest BCUT2D eigenvalue weighted by Gasteiger charge is 2.25. The third kappa shape index (κ3) is 3.03. The normalized spacial score (nSPS) is 12.1. The molecule has 0 aliphatic heterocycles. The molecule has 0 aliphatic carbocycles. The number of rotatable bonds is 6. The Morgan fingerprint density at radius 3 is 2.06 bits per heavy atom. The van der Waals surface area contributed by atoms with Gasteiger partial charge in [-0.25, -0.2) is 8.42 Å². The second-order valence-electron chi connectivity index (χ2n) is 4.17. The average molecular weight is 271 g/mol. The molecule has 1 rings (SSSR count). The van der Waals surface area contributed by atoms with Crippen LogP contribution in [-0.4, -0.2) is 32.9 Å². The lowest BCUT2D eigenvalue weighted by molar-refractivity contribution is 0.349. The van der Waals surface area contributed by atoms with Crippen molar-refractivity contribution in [3.05, 3.63) is 24.3 Å². The largest absolute Gasteiger partial charge is 0.497 e. The highest BCUT2D eigenvalue weighted by atomic mass is 32.2. The van der Waals surface area contributed by atoms with E-state index in [2.05, 4.69) is 0 Å². The summed E-state index contributed by atoms with van der Waals surface area (Å²) < 4.78 is 31.2. The third-order valence-corrected chi connectivity index (χ3v) is 5.12. The second kappa shape index (κ2) is 6.20. The first-order valence-corrected chi connectivity index (χ1v) is 7.53. The van der Waals surface area contributed by atoms with Crippen molar-refractivity contribution in [2.75, 3.05) is 14.2 Å². The smallest absolute Gasteiger partial charge is 0.243 e. The van der Waals surface area contributed by atoms with Crippen LogP contribution in [0.3, 0.4) is 0 Å². The lowest BCUT2D eigenvalue weighted by atomic mass is 10.2. The van der Waals surface area contributed by atoms with Gasteiger partial charge in [-0.3, -0.25) is 0 Å². The summed E-state index contributed by atoms with van der Waals surface area (Å²) in [7, 11) is -0.218. The van der Waals surface area contributed by atoms with Crippen molar-refractivity contribution in [2.45, 2.75) is 37.6 Å². The van der Waals surface area contributed by atoms with Crippen LogP contribution in [0.1, 0.15) is 26.7 Å². The van der Waals surface area contributed by atoms with E-state index in [0.29, 0.717) is 10.6 Å². The molecule has 0 heterocycles. The van der Waals surface area contributed by atoms with E-state index in [1.807, 2.05) is 13.8 Å². The van der Waals surface area contributed by atoms with E-state index in [1.54, 1.807) is 38.4 Å². The van der Waals surface area contributed by atoms with Crippen LogP contribution in [-0.2, 0) is 10.0 Å². The summed E-state index contributed by atoms with van der Waals surface area (Å²) in [4.78, 5) is 0.303. The Balaban J connectivity index is 3.04. The van der Waals surface area contributed by atoms with Gasteiger partial charge in [0.15, 0.2) is 0 Å². The quantitative estimate of drug-likeness (QED) is 0.798. The van der Waals surface area contributed by atoms with Gasteiger partial charge in [-0.15, -0.1) is 0 Å². The molecular weight excluding hydrogens is 250 g/mol. The first-order chi connectivity index (χ1) is 8.47. The van der Waals surface area contributed by atoms with E-state index in [-0.39, 0.29) is 6.04 Å². The number of ether oxygens (including phenoxy) is 1. The predicted molar refractivity (Wildman–Crippen MR) is 72.3 cm³/mol. The van der Waals surface area contributed by atoms with E-state index < -0.39 is 10.0 Å². The Morgan fingerprint density at radius 2 is 1.67 bits per heavy atom. The molecule has 0 unspecified atom stereocenters. The molecule has 0 N–H and O–H groups in total. The molecule has 0 fully saturated rings. The zero-order valence-electron chi connectivity index (χ0n) is 11.4. The van der Waals surface area contributed by atoms with Crippen molar-refractivity contribution in [1.29, 1.82) is 0 Å². The van der Waals surface area contributed by atoms with E-state index in [9.17, 15) is 8.42 Å². The van der Waals surface area contributed by atoms with Crippen molar-refractivity contribution >= 4 is 10.0 Å². The second-order valence-corrected chi connectivity index (χ2v) is 6.16. The molecule has 0 aromatic heterocycles. The number of methoxy groups -OCH3 is 1. The van der Waals surface area contributed by atoms with Gasteiger partial charge in [0.25, 0.3) is 0 Å². The Morgan fingerprint density at radius 1 is 1.17 bits per heavy atom. The van der Waals surface area contributed by atoms with Crippen LogP contribution in [0.15, 0.2) is 29.2 Å². The van der Waals surface area contributed by atoms with Crippen molar-refractivity contribution in [1.82, 2.24) is 4.31 Å². The summed E-state index contributed by atoms with van der Waals surface area (Å²) in [6, 6.07) is 6.51. The molecule has 0 bridgehead atoms. The maximum absolute atomic E-state index is 12.4. The number of sulfonamides is 1. The van der Waals surface area contributed by atoms with Crippen LogP contribution in [0.25, 0.3) is 0 Å². The molecular formula is C13H21NO3S. The first kappa shape index (κ1) is 15.0. The lowest BCUT2D eigenvalue weighted by Crippen LogP contribution is -2.36. The maximum Gasteiger partial charge on any atom is 0.243 e. The molecule has 102 valence electrons. The van der Waals surface area contributed by atoms with Gasteiger partial charge >= 0.3 is 0 Å². The SMILES string of the molecule is CCC(CC)N(C)S(=O)(=O)c1ccc(OC)cc1. The molecule has 4 nitrogen and oxygen atoms in total. The summed E-state index contributed by atoms with van der Waals surface area (Å²) in [6.07, 6.45) is 1.62. The molecule has 0 saturated heterocycles. The summed E-state index contributed by atoms with van der Waals surface area (Å²) in [5.74, 6) is 0.652. The highest BCUT2D eigenvalue weighted by molar-refractivity contribution is 7.89. The Labute approximate surface area is 110 Å². The Kier molecular flexibility index (Phi) is 5.16. The van der Waals surface area contributed by atoms with E-state index in [0.717, 1.165) is 12.8 Å². The molecule has 0 saturated carbocycles. The van der Waals surface area contributed by atoms with Gasteiger partial charge in [-0.05, 0) is 37.1 Å². The fourth-order valence-electron chi connectivity index (χ4n) is 1.91. The standard InChI is InChI=1S/C13H21NO3S/c1-5-11(6-2)14(3)18(15,16)13-9-7-12(17-4)8-10-13/h7-11H,5-6H2,1-4H3. The van der Waals surface area contributed by atoms with E-state index in [4.69, 9.17) is 4.74 Å². The molecule has 0 amide bonds. The Bertz CT molecular complexity index is 464. The van der Waals surface area contributed by atoms with Gasteiger partial charge in [-0.1, -0.05) is 13.8 Å². The Hall–Kier alpha value is -1.07. The van der Waals surface area contributed by atoms with Crippen molar-refractivity contribution in [2.24, 2.45) is 0 Å². The highest BCUT2D eigenvalue weighted by Crippen LogP contribution is 2.21. The van der Waals surface area contributed by atoms with Crippen LogP contribution >= 0.6 is 0 Å². The monoisotopic (exact) mass is 271 g/mol. The minimum atomic E-state index is -3.41. The van der Waals surface area contributed by atoms with Crippen LogP contribution in [0.4, 0.5) is 0 Å². The summed E-state index contributed by atoms with van der Waals surface area (Å²) >= 11 is 0. The molecule has 1 aromatic rings. The zero-order chi connectivity index (χ0) is 13.8. The van der Waals surface area contributed by atoms with Crippen molar-refractivity contribution < 1.29 is 13.2 Å². The molecule has 18 heavy (non-hydrogen) atoms. The topological polar surface area (TPSA) is 46.6 Å². The fourth-order valence-corrected chi connectivity index (χ4v) is 3.42. The molecule has 5 heteroatoms. The van der Waals surface area contributed by atoms with Crippen molar-refractivity contribution in [3.63, 3.8) is 0 Å². The van der Waals surface area contributed by atoms with Gasteiger partial charge in [-0.2, -0.15) is 4.31 Å². The zero-order valence-corrected chi connectivity index (χ0v) is 12.2. The summed E-state index contributed by atoms with van der Waals surface area (Å²) in [5.41, 5.74) is 0. The van der Waals surface area contributed by atoms with Crippen LogP contribution in [0, 0.1) is 0 Å². The minimum absolute atomic E-state index is 0.0390. The number of hydrogen-bond donors (Lipinski definition) is 0. The van der Waals surface area contributed by atoms with Crippen LogP contribution in [0.5, 0.6) is 5.75 Å². The van der Waals surface area contributed by atoms with Crippen LogP contribution < -0.4 is 4.74 Å². The molecule has 0 spiro atoms. The third-order valence-electron chi connectivity index (χ3n) is 3.19. The maximum atomic E-state index is 12.4. The minimum Gasteiger partial charge on any atom is -0.497 e. The lowest BCUT2D eigenvalue weighted by Gasteiger charge is -2.25. The molecule has 1 aromatic carbocycles. The van der Waals surface area contributed by atoms with Gasteiger partial charge in [0, 0.05) is 13.1 Å². The van der Waals surface area contributed by atoms with E-state index in [1.165, 1.54) is 4.31 Å². The predicted octanol–water partition coefficient (Wildman–Crippen LogP) is 2.50. The fraction of sp³-hybridized carbons (Fsp3) is 0.538. The number of hydrogen-bond acceptors (Lipinski definition) is 3. The first-order valence-electron chi connectivity index (χ1n) is 6.09. The molecule has 0 aliphatic rings. The number of nitrogens with zero attached hydrogens (tertiary/aromatic N) is 1. The van der Waals surface area contributed by atoms with Crippen molar-refractivity contribution in [3.8, 4) is 5.75 Å². The van der Waals surface area contributed by atoms with Gasteiger partial charge < -0.3 is 4.74 Å². The average Bonchev–Trinajstić information content (AvgIpc) is 2.40. The van der Waals surface area contributed by atoms with Gasteiger partial charge in [0.2, 0.25) is 10.0 Å². The number of benzene rings is 1. The van der Waals surface area contributed by atoms with Crippen LogP contribution in [0.2, 0.25) is 0 Å². The molecule has 0 radical (unpaired) electrons. The van der Waals surface area contributed by atoms with Gasteiger partial charge in [0.1, 0.15) is 5.75 Å². The van der Waals surface area contributed by atoms with Gasteiger partial charge in [0.05, 0.1) is 12.0 Å². The summed E-state index contributed by atoms with van der Waals surface area (Å²) in [6.45, 7) is 3.99.